The number of anilines is 1. The lowest BCUT2D eigenvalue weighted by Gasteiger charge is -2.21. The molecule has 0 atom stereocenters. The normalized spacial score (nSPS) is 15.5. The van der Waals surface area contributed by atoms with E-state index in [0.717, 1.165) is 17.5 Å². The van der Waals surface area contributed by atoms with Crippen LogP contribution in [0.1, 0.15) is 48.0 Å². The minimum absolute atomic E-state index is 0.145. The predicted molar refractivity (Wildman–Crippen MR) is 111 cm³/mol. The molecule has 2 aromatic carbocycles. The van der Waals surface area contributed by atoms with Crippen molar-refractivity contribution < 1.29 is 13.2 Å². The number of sulfone groups is 1. The summed E-state index contributed by atoms with van der Waals surface area (Å²) in [7, 11) is -3.34. The average molecular weight is 404 g/mol. The lowest BCUT2D eigenvalue weighted by Crippen LogP contribution is -2.13. The smallest absolute Gasteiger partial charge is 0.255 e. The van der Waals surface area contributed by atoms with E-state index >= 15 is 0 Å². The van der Waals surface area contributed by atoms with Crippen molar-refractivity contribution in [1.82, 2.24) is 0 Å². The molecule has 27 heavy (non-hydrogen) atoms. The fourth-order valence-electron chi connectivity index (χ4n) is 3.29. The molecule has 1 fully saturated rings. The van der Waals surface area contributed by atoms with Crippen LogP contribution in [0.2, 0.25) is 0 Å². The van der Waals surface area contributed by atoms with Gasteiger partial charge in [0.1, 0.15) is 0 Å². The number of thioether (sulfide) groups is 1. The standard InChI is InChI=1S/C21H25NO3S2/c1-15-13-18(26-17-8-4-3-5-9-17)11-12-20(15)22-21(23)16-7-6-10-19(14-16)27(2,24)25/h6-7,10-14,17H,3-5,8-9H2,1-2H3,(H,22,23). The maximum Gasteiger partial charge on any atom is 0.255 e. The molecule has 0 heterocycles. The zero-order valence-electron chi connectivity index (χ0n) is 15.7. The maximum absolute atomic E-state index is 12.5. The Labute approximate surface area is 165 Å². The van der Waals surface area contributed by atoms with Crippen LogP contribution >= 0.6 is 11.8 Å². The van der Waals surface area contributed by atoms with Crippen LogP contribution in [0.5, 0.6) is 0 Å². The minimum Gasteiger partial charge on any atom is -0.322 e. The van der Waals surface area contributed by atoms with Gasteiger partial charge in [0, 0.05) is 27.7 Å². The Morgan fingerprint density at radius 3 is 2.48 bits per heavy atom. The number of amides is 1. The molecule has 1 N–H and O–H groups in total. The van der Waals surface area contributed by atoms with Crippen molar-refractivity contribution in [1.29, 1.82) is 0 Å². The van der Waals surface area contributed by atoms with Crippen LogP contribution in [0.15, 0.2) is 52.3 Å². The third-order valence-corrected chi connectivity index (χ3v) is 7.27. The number of rotatable bonds is 5. The molecule has 3 rings (SSSR count). The van der Waals surface area contributed by atoms with Gasteiger partial charge in [0.05, 0.1) is 4.90 Å². The molecule has 6 heteroatoms. The van der Waals surface area contributed by atoms with Crippen LogP contribution in [-0.2, 0) is 9.84 Å². The van der Waals surface area contributed by atoms with E-state index in [9.17, 15) is 13.2 Å². The van der Waals surface area contributed by atoms with Crippen LogP contribution in [0.25, 0.3) is 0 Å². The summed E-state index contributed by atoms with van der Waals surface area (Å²) >= 11 is 1.93. The fourth-order valence-corrected chi connectivity index (χ4v) is 5.30. The highest BCUT2D eigenvalue weighted by Crippen LogP contribution is 2.35. The van der Waals surface area contributed by atoms with Crippen molar-refractivity contribution in [2.24, 2.45) is 0 Å². The van der Waals surface area contributed by atoms with Gasteiger partial charge in [0.25, 0.3) is 5.91 Å². The molecule has 2 aromatic rings. The Balaban J connectivity index is 1.71. The van der Waals surface area contributed by atoms with E-state index in [-0.39, 0.29) is 10.8 Å². The third-order valence-electron chi connectivity index (χ3n) is 4.83. The van der Waals surface area contributed by atoms with E-state index in [2.05, 4.69) is 17.4 Å². The second-order valence-corrected chi connectivity index (χ2v) is 10.5. The molecule has 0 saturated heterocycles. The molecule has 0 aromatic heterocycles. The second kappa shape index (κ2) is 8.48. The maximum atomic E-state index is 12.5. The summed E-state index contributed by atoms with van der Waals surface area (Å²) in [5.74, 6) is -0.309. The molecule has 0 spiro atoms. The first-order chi connectivity index (χ1) is 12.8. The van der Waals surface area contributed by atoms with Crippen molar-refractivity contribution in [2.45, 2.75) is 54.1 Å². The van der Waals surface area contributed by atoms with Gasteiger partial charge in [-0.3, -0.25) is 4.79 Å². The van der Waals surface area contributed by atoms with Crippen molar-refractivity contribution in [3.05, 3.63) is 53.6 Å². The molecule has 144 valence electrons. The van der Waals surface area contributed by atoms with E-state index in [1.807, 2.05) is 24.8 Å². The molecule has 1 saturated carbocycles. The van der Waals surface area contributed by atoms with Crippen molar-refractivity contribution >= 4 is 33.2 Å². The third kappa shape index (κ3) is 5.36. The topological polar surface area (TPSA) is 63.2 Å². The number of hydrogen-bond donors (Lipinski definition) is 1. The monoisotopic (exact) mass is 403 g/mol. The molecule has 0 aliphatic heterocycles. The van der Waals surface area contributed by atoms with E-state index in [0.29, 0.717) is 10.8 Å². The summed E-state index contributed by atoms with van der Waals surface area (Å²) in [5, 5.41) is 3.58. The molecule has 0 radical (unpaired) electrons. The van der Waals surface area contributed by atoms with Gasteiger partial charge >= 0.3 is 0 Å². The van der Waals surface area contributed by atoms with Gasteiger partial charge in [-0.05, 0) is 61.7 Å². The molecule has 0 bridgehead atoms. The summed E-state index contributed by atoms with van der Waals surface area (Å²) in [6.07, 6.45) is 7.67. The summed E-state index contributed by atoms with van der Waals surface area (Å²) in [6.45, 7) is 1.98. The Morgan fingerprint density at radius 1 is 1.07 bits per heavy atom. The minimum atomic E-state index is -3.34. The summed E-state index contributed by atoms with van der Waals surface area (Å²) in [6, 6.07) is 12.2. The quantitative estimate of drug-likeness (QED) is 0.756. The molecule has 1 aliphatic rings. The lowest BCUT2D eigenvalue weighted by molar-refractivity contribution is 0.102. The number of carbonyl (C=O) groups excluding carboxylic acids is 1. The average Bonchev–Trinajstić information content (AvgIpc) is 2.64. The van der Waals surface area contributed by atoms with Gasteiger partial charge in [-0.25, -0.2) is 8.42 Å². The van der Waals surface area contributed by atoms with Gasteiger partial charge in [-0.1, -0.05) is 25.3 Å². The number of aryl methyl sites for hydroxylation is 1. The largest absolute Gasteiger partial charge is 0.322 e. The van der Waals surface area contributed by atoms with Crippen molar-refractivity contribution in [3.63, 3.8) is 0 Å². The summed E-state index contributed by atoms with van der Waals surface area (Å²) in [4.78, 5) is 13.9. The first-order valence-corrected chi connectivity index (χ1v) is 12.0. The van der Waals surface area contributed by atoms with Crippen LogP contribution < -0.4 is 5.32 Å². The fraction of sp³-hybridized carbons (Fsp3) is 0.381. The van der Waals surface area contributed by atoms with E-state index in [1.54, 1.807) is 12.1 Å². The highest BCUT2D eigenvalue weighted by Gasteiger charge is 2.16. The van der Waals surface area contributed by atoms with Gasteiger partial charge < -0.3 is 5.32 Å². The van der Waals surface area contributed by atoms with Gasteiger partial charge in [0.15, 0.2) is 9.84 Å². The Bertz CT molecular complexity index is 932. The van der Waals surface area contributed by atoms with Crippen LogP contribution in [-0.4, -0.2) is 25.8 Å². The molecule has 1 aliphatic carbocycles. The van der Waals surface area contributed by atoms with E-state index in [1.165, 1.54) is 49.1 Å². The predicted octanol–water partition coefficient (Wildman–Crippen LogP) is 5.08. The van der Waals surface area contributed by atoms with Crippen LogP contribution in [0.4, 0.5) is 5.69 Å². The number of carbonyl (C=O) groups is 1. The first kappa shape index (κ1) is 20.0. The molecule has 0 unspecified atom stereocenters. The Hall–Kier alpha value is -1.79. The number of nitrogens with one attached hydrogen (secondary N) is 1. The van der Waals surface area contributed by atoms with Gasteiger partial charge in [0.2, 0.25) is 0 Å². The molecular formula is C21H25NO3S2. The van der Waals surface area contributed by atoms with Gasteiger partial charge in [-0.15, -0.1) is 11.8 Å². The zero-order chi connectivity index (χ0) is 19.4. The highest BCUT2D eigenvalue weighted by molar-refractivity contribution is 8.00. The number of benzene rings is 2. The summed E-state index contributed by atoms with van der Waals surface area (Å²) in [5.41, 5.74) is 2.08. The van der Waals surface area contributed by atoms with Crippen LogP contribution in [0.3, 0.4) is 0 Å². The molecular weight excluding hydrogens is 378 g/mol. The van der Waals surface area contributed by atoms with Crippen molar-refractivity contribution in [2.75, 3.05) is 11.6 Å². The Kier molecular flexibility index (Phi) is 6.27. The summed E-state index contributed by atoms with van der Waals surface area (Å²) < 4.78 is 23.4. The second-order valence-electron chi connectivity index (χ2n) is 7.11. The molecule has 1 amide bonds. The van der Waals surface area contributed by atoms with Crippen LogP contribution in [0, 0.1) is 6.92 Å². The van der Waals surface area contributed by atoms with Crippen molar-refractivity contribution in [3.8, 4) is 0 Å². The van der Waals surface area contributed by atoms with E-state index in [4.69, 9.17) is 0 Å². The zero-order valence-corrected chi connectivity index (χ0v) is 17.3. The van der Waals surface area contributed by atoms with E-state index < -0.39 is 9.84 Å². The van der Waals surface area contributed by atoms with Gasteiger partial charge in [-0.2, -0.15) is 0 Å². The highest BCUT2D eigenvalue weighted by atomic mass is 32.2. The lowest BCUT2D eigenvalue weighted by atomic mass is 10.0. The SMILES string of the molecule is Cc1cc(SC2CCCCC2)ccc1NC(=O)c1cccc(S(C)(=O)=O)c1. The Morgan fingerprint density at radius 2 is 1.81 bits per heavy atom. The first-order valence-electron chi connectivity index (χ1n) is 9.22. The molecule has 4 nitrogen and oxygen atoms in total. The number of hydrogen-bond acceptors (Lipinski definition) is 4.